The van der Waals surface area contributed by atoms with E-state index in [1.54, 1.807) is 24.3 Å². The first-order valence-corrected chi connectivity index (χ1v) is 16.8. The van der Waals surface area contributed by atoms with E-state index >= 15 is 0 Å². The summed E-state index contributed by atoms with van der Waals surface area (Å²) >= 11 is 0. The summed E-state index contributed by atoms with van der Waals surface area (Å²) in [4.78, 5) is 19.2. The third kappa shape index (κ3) is 5.31. The Morgan fingerprint density at radius 1 is 1.14 bits per heavy atom. The van der Waals surface area contributed by atoms with Gasteiger partial charge in [-0.3, -0.25) is 4.90 Å². The molecule has 1 aromatic heterocycles. The van der Waals surface area contributed by atoms with Gasteiger partial charge in [-0.1, -0.05) is 30.8 Å². The van der Waals surface area contributed by atoms with Crippen molar-refractivity contribution in [1.82, 2.24) is 14.5 Å². The van der Waals surface area contributed by atoms with Crippen LogP contribution in [0.1, 0.15) is 69.8 Å². The Balaban J connectivity index is 1.10. The quantitative estimate of drug-likeness (QED) is 0.186. The summed E-state index contributed by atoms with van der Waals surface area (Å²) in [6.07, 6.45) is 6.45. The van der Waals surface area contributed by atoms with Gasteiger partial charge in [-0.25, -0.2) is 14.2 Å². The van der Waals surface area contributed by atoms with E-state index < -0.39 is 12.1 Å². The third-order valence-electron chi connectivity index (χ3n) is 9.16. The number of aromatic carboxylic acids is 1. The molecule has 2 radical (unpaired) electrons. The molecular weight excluding hydrogens is 575 g/mol. The third-order valence-corrected chi connectivity index (χ3v) is 10.4. The highest BCUT2D eigenvalue weighted by molar-refractivity contribution is 6.35. The molecule has 0 bridgehead atoms. The summed E-state index contributed by atoms with van der Waals surface area (Å²) in [6, 6.07) is 16.2. The first-order chi connectivity index (χ1) is 21.4. The van der Waals surface area contributed by atoms with Gasteiger partial charge in [0.25, 0.3) is 0 Å². The Morgan fingerprint density at radius 3 is 2.66 bits per heavy atom. The first kappa shape index (κ1) is 28.8. The highest BCUT2D eigenvalue weighted by Gasteiger charge is 2.33. The van der Waals surface area contributed by atoms with Crippen molar-refractivity contribution in [3.05, 3.63) is 94.6 Å². The molecule has 0 amide bonds. The number of nitrogens with zero attached hydrogens (tertiary/aromatic N) is 3. The number of likely N-dealkylation sites (tertiary alicyclic amines) is 1. The van der Waals surface area contributed by atoms with Crippen molar-refractivity contribution in [1.29, 1.82) is 0 Å². The van der Waals surface area contributed by atoms with Crippen molar-refractivity contribution in [3.8, 4) is 5.75 Å². The number of aromatic nitrogens is 2. The molecule has 3 aliphatic heterocycles. The van der Waals surface area contributed by atoms with Gasteiger partial charge in [0.1, 0.15) is 23.5 Å². The number of ether oxygens (including phenoxy) is 2. The summed E-state index contributed by atoms with van der Waals surface area (Å²) in [5.74, 6) is 0.794. The topological polar surface area (TPSA) is 103 Å². The van der Waals surface area contributed by atoms with Crippen LogP contribution in [0.25, 0.3) is 17.1 Å². The second-order valence-corrected chi connectivity index (χ2v) is 13.0. The number of nitrogens with two attached hydrogens (primary N) is 1. The second kappa shape index (κ2) is 11.8. The zero-order valence-corrected chi connectivity index (χ0v) is 25.6. The van der Waals surface area contributed by atoms with Crippen molar-refractivity contribution in [2.24, 2.45) is 0 Å². The van der Waals surface area contributed by atoms with Gasteiger partial charge in [0.15, 0.2) is 0 Å². The molecule has 7 rings (SSSR count). The first-order valence-electron chi connectivity index (χ1n) is 15.2. The van der Waals surface area contributed by atoms with E-state index in [-0.39, 0.29) is 23.1 Å². The number of carbonyl (C=O) groups is 1. The van der Waals surface area contributed by atoms with Crippen LogP contribution in [0.3, 0.4) is 0 Å². The number of para-hydroxylation sites is 1. The lowest BCUT2D eigenvalue weighted by atomic mass is 9.87. The van der Waals surface area contributed by atoms with E-state index in [0.29, 0.717) is 33.2 Å². The lowest BCUT2D eigenvalue weighted by molar-refractivity contribution is -0.0638. The Morgan fingerprint density at radius 2 is 1.95 bits per heavy atom. The minimum atomic E-state index is -0.939. The Labute approximate surface area is 258 Å². The van der Waals surface area contributed by atoms with E-state index in [0.717, 1.165) is 72.7 Å². The normalized spacial score (nSPS) is 21.0. The second-order valence-electron chi connectivity index (χ2n) is 11.8. The molecule has 2 saturated heterocycles. The van der Waals surface area contributed by atoms with Crippen LogP contribution in [0.4, 0.5) is 10.1 Å². The Hall–Kier alpha value is -3.99. The number of carboxylic acids is 1. The van der Waals surface area contributed by atoms with Crippen LogP contribution in [-0.4, -0.2) is 60.8 Å². The molecule has 44 heavy (non-hydrogen) atoms. The fraction of sp³-hybridized carbons (Fsp3) is 0.353. The standard InChI is InChI=1S/C34H35FN4O4Si/c1-44-33(30-13-16-42-30)39-28-17-22(34(40)41)5-9-27(28)37-31(39)19-38-14-11-20(12-15-38)24-4-2-3-21-6-10-29(43-32(21)24)25-8-7-23(36)18-26(25)35/h2-10,17-18,20,29-30,33H,11-16,19,36H2,1H3,(H,40,41)/t29?,30-,33+/m0/s1. The number of rotatable bonds is 8. The van der Waals surface area contributed by atoms with Gasteiger partial charge >= 0.3 is 5.97 Å². The van der Waals surface area contributed by atoms with E-state index in [1.807, 2.05) is 24.3 Å². The van der Waals surface area contributed by atoms with Gasteiger partial charge in [-0.05, 0) is 86.3 Å². The fourth-order valence-electron chi connectivity index (χ4n) is 6.75. The number of imidazole rings is 1. The molecule has 3 aromatic carbocycles. The number of nitrogen functional groups attached to an aromatic ring is 1. The number of anilines is 1. The van der Waals surface area contributed by atoms with Gasteiger partial charge in [-0.15, -0.1) is 0 Å². The van der Waals surface area contributed by atoms with Crippen molar-refractivity contribution in [3.63, 3.8) is 0 Å². The highest BCUT2D eigenvalue weighted by Crippen LogP contribution is 2.42. The Bertz CT molecular complexity index is 1740. The number of carboxylic acid groups (broad SMARTS) is 1. The van der Waals surface area contributed by atoms with E-state index in [4.69, 9.17) is 20.2 Å². The average Bonchev–Trinajstić information content (AvgIpc) is 3.35. The lowest BCUT2D eigenvalue weighted by Crippen LogP contribution is -2.40. The molecule has 8 nitrogen and oxygen atoms in total. The molecule has 1 unspecified atom stereocenters. The van der Waals surface area contributed by atoms with Gasteiger partial charge in [0, 0.05) is 29.1 Å². The molecule has 0 aliphatic carbocycles. The molecular formula is C34H35FN4O4Si. The zero-order valence-electron chi connectivity index (χ0n) is 24.6. The van der Waals surface area contributed by atoms with Crippen molar-refractivity contribution < 1.29 is 23.8 Å². The fourth-order valence-corrected chi connectivity index (χ4v) is 7.93. The summed E-state index contributed by atoms with van der Waals surface area (Å²) < 4.78 is 29.4. The molecule has 3 N–H and O–H groups in total. The van der Waals surface area contributed by atoms with E-state index in [1.165, 1.54) is 6.07 Å². The number of hydrogen-bond acceptors (Lipinski definition) is 6. The predicted octanol–water partition coefficient (Wildman–Crippen LogP) is 6.02. The zero-order chi connectivity index (χ0) is 30.4. The summed E-state index contributed by atoms with van der Waals surface area (Å²) in [7, 11) is 0.593. The molecule has 3 aliphatic rings. The van der Waals surface area contributed by atoms with Gasteiger partial charge in [-0.2, -0.15) is 0 Å². The SMILES string of the molecule is C[Si][C@H]([C@@H]1CCO1)n1c(CN2CCC(c3cccc4c3OC(c3ccc(N)cc3F)C=C4)CC2)nc2ccc(C(=O)O)cc21. The van der Waals surface area contributed by atoms with Crippen LogP contribution in [-0.2, 0) is 11.3 Å². The number of fused-ring (bicyclic) bond motifs is 2. The van der Waals surface area contributed by atoms with Crippen LogP contribution in [0, 0.1) is 5.82 Å². The molecule has 10 heteroatoms. The number of halogens is 1. The molecule has 2 fully saturated rings. The number of benzene rings is 3. The highest BCUT2D eigenvalue weighted by atomic mass is 28.2. The van der Waals surface area contributed by atoms with Gasteiger partial charge in [0.05, 0.1) is 38.8 Å². The monoisotopic (exact) mass is 610 g/mol. The van der Waals surface area contributed by atoms with Crippen LogP contribution in [0.5, 0.6) is 5.75 Å². The van der Waals surface area contributed by atoms with Gasteiger partial charge in [0.2, 0.25) is 0 Å². The van der Waals surface area contributed by atoms with Crippen LogP contribution in [0.2, 0.25) is 6.55 Å². The smallest absolute Gasteiger partial charge is 0.335 e. The summed E-state index contributed by atoms with van der Waals surface area (Å²) in [5, 5.41) is 9.66. The maximum Gasteiger partial charge on any atom is 0.335 e. The van der Waals surface area contributed by atoms with Crippen LogP contribution in [0.15, 0.2) is 60.7 Å². The minimum absolute atomic E-state index is 0.123. The molecule has 3 atom stereocenters. The van der Waals surface area contributed by atoms with Crippen LogP contribution >= 0.6 is 0 Å². The van der Waals surface area contributed by atoms with Crippen LogP contribution < -0.4 is 10.5 Å². The molecule has 0 saturated carbocycles. The number of piperidine rings is 1. The Kier molecular flexibility index (Phi) is 7.73. The summed E-state index contributed by atoms with van der Waals surface area (Å²) in [5.41, 5.74) is 10.9. The molecule has 4 aromatic rings. The van der Waals surface area contributed by atoms with Gasteiger partial charge < -0.3 is 24.9 Å². The molecule has 226 valence electrons. The minimum Gasteiger partial charge on any atom is -0.481 e. The van der Waals surface area contributed by atoms with Crippen molar-refractivity contribution in [2.45, 2.75) is 56.1 Å². The maximum atomic E-state index is 14.7. The summed E-state index contributed by atoms with van der Waals surface area (Å²) in [6.45, 7) is 5.41. The van der Waals surface area contributed by atoms with Crippen molar-refractivity contribution in [2.75, 3.05) is 25.4 Å². The largest absolute Gasteiger partial charge is 0.481 e. The predicted molar refractivity (Wildman–Crippen MR) is 169 cm³/mol. The maximum absolute atomic E-state index is 14.7. The van der Waals surface area contributed by atoms with E-state index in [2.05, 4.69) is 28.1 Å². The lowest BCUT2D eigenvalue weighted by Gasteiger charge is -2.37. The van der Waals surface area contributed by atoms with E-state index in [9.17, 15) is 14.3 Å². The van der Waals surface area contributed by atoms with Crippen molar-refractivity contribution >= 4 is 38.3 Å². The molecule has 4 heterocycles. The molecule has 0 spiro atoms. The number of hydrogen-bond donors (Lipinski definition) is 2. The average molecular weight is 611 g/mol.